The Morgan fingerprint density at radius 3 is 1.58 bits per heavy atom. The van der Waals surface area contributed by atoms with Crippen molar-refractivity contribution in [2.24, 2.45) is 0 Å². The fourth-order valence-corrected chi connectivity index (χ4v) is 5.69. The Labute approximate surface area is 77.9 Å². The molecule has 70 valence electrons. The number of hydrogen-bond donors (Lipinski definition) is 1. The molecule has 0 unspecified atom stereocenters. The molecule has 1 aliphatic rings. The number of aliphatic carboxylic acids is 1. The van der Waals surface area contributed by atoms with Crippen molar-refractivity contribution in [2.45, 2.75) is 6.92 Å². The van der Waals surface area contributed by atoms with Crippen LogP contribution in [-0.4, -0.2) is 41.1 Å². The number of carboxylic acids is 1. The molecule has 1 N–H and O–H groups in total. The van der Waals surface area contributed by atoms with Gasteiger partial charge < -0.3 is 17.5 Å². The summed E-state index contributed by atoms with van der Waals surface area (Å²) in [6.07, 6.45) is 0. The second kappa shape index (κ2) is 7.39. The van der Waals surface area contributed by atoms with Crippen LogP contribution in [0, 0.1) is 0 Å². The highest BCUT2D eigenvalue weighted by molar-refractivity contribution is 6.50. The van der Waals surface area contributed by atoms with Crippen molar-refractivity contribution in [1.29, 1.82) is 0 Å². The molecule has 1 saturated heterocycles. The van der Waals surface area contributed by atoms with E-state index in [2.05, 4.69) is 6.58 Å². The molecule has 0 aromatic carbocycles. The van der Waals surface area contributed by atoms with Gasteiger partial charge in [0.25, 0.3) is 30.0 Å². The highest BCUT2D eigenvalue weighted by atomic mass is 28.4. The summed E-state index contributed by atoms with van der Waals surface area (Å²) < 4.78 is 14.8. The number of carboxylic acid groups (broad SMARTS) is 1. The SMILES string of the molecule is C=C(C)C(=O)O.O1[SiH2]O[SiH2]O[SiH2]1. The molecule has 8 heteroatoms. The van der Waals surface area contributed by atoms with Crippen LogP contribution in [0.4, 0.5) is 0 Å². The largest absolute Gasteiger partial charge is 0.478 e. The number of hydrogen-bond acceptors (Lipinski definition) is 4. The van der Waals surface area contributed by atoms with Crippen LogP contribution in [-0.2, 0) is 17.1 Å². The lowest BCUT2D eigenvalue weighted by Crippen LogP contribution is -2.23. The summed E-state index contributed by atoms with van der Waals surface area (Å²) in [5.41, 5.74) is 0.176. The van der Waals surface area contributed by atoms with Gasteiger partial charge in [-0.25, -0.2) is 4.79 Å². The number of rotatable bonds is 1. The first kappa shape index (κ1) is 11.7. The zero-order valence-electron chi connectivity index (χ0n) is 6.91. The molecule has 0 spiro atoms. The maximum atomic E-state index is 9.60. The molecule has 0 radical (unpaired) electrons. The Balaban J connectivity index is 0.000000202. The Kier molecular flexibility index (Phi) is 7.23. The smallest absolute Gasteiger partial charge is 0.330 e. The Morgan fingerprint density at radius 2 is 1.50 bits per heavy atom. The van der Waals surface area contributed by atoms with Gasteiger partial charge in [-0.05, 0) is 6.92 Å². The van der Waals surface area contributed by atoms with E-state index in [0.29, 0.717) is 0 Å². The monoisotopic (exact) mass is 224 g/mol. The van der Waals surface area contributed by atoms with Crippen LogP contribution in [0.3, 0.4) is 0 Å². The van der Waals surface area contributed by atoms with Gasteiger partial charge in [0.05, 0.1) is 0 Å². The van der Waals surface area contributed by atoms with Gasteiger partial charge in [-0.15, -0.1) is 0 Å². The molecular formula is C4H12O5Si3. The van der Waals surface area contributed by atoms with Gasteiger partial charge in [-0.3, -0.25) is 0 Å². The van der Waals surface area contributed by atoms with E-state index < -0.39 is 36.0 Å². The molecule has 1 rings (SSSR count). The van der Waals surface area contributed by atoms with E-state index >= 15 is 0 Å². The third-order valence-electron chi connectivity index (χ3n) is 0.865. The average molecular weight is 224 g/mol. The van der Waals surface area contributed by atoms with Crippen molar-refractivity contribution >= 4 is 36.0 Å². The topological polar surface area (TPSA) is 65.0 Å². The molecular weight excluding hydrogens is 212 g/mol. The molecule has 5 nitrogen and oxygen atoms in total. The van der Waals surface area contributed by atoms with E-state index in [0.717, 1.165) is 0 Å². The molecule has 0 amide bonds. The Bertz CT molecular complexity index is 133. The van der Waals surface area contributed by atoms with E-state index in [4.69, 9.17) is 17.5 Å². The number of carbonyl (C=O) groups is 1. The fourth-order valence-electron chi connectivity index (χ4n) is 0.279. The van der Waals surface area contributed by atoms with Crippen LogP contribution >= 0.6 is 0 Å². The zero-order valence-corrected chi connectivity index (χ0v) is 11.2. The predicted octanol–water partition coefficient (Wildman–Crippen LogP) is -2.31. The van der Waals surface area contributed by atoms with Gasteiger partial charge in [0, 0.05) is 5.57 Å². The predicted molar refractivity (Wildman–Crippen MR) is 51.3 cm³/mol. The molecule has 1 heterocycles. The first-order chi connectivity index (χ1) is 5.64. The minimum atomic E-state index is -0.935. The van der Waals surface area contributed by atoms with Gasteiger partial charge in [0.1, 0.15) is 0 Å². The maximum absolute atomic E-state index is 9.60. The fraction of sp³-hybridized carbons (Fsp3) is 0.250. The quantitative estimate of drug-likeness (QED) is 0.401. The Hall–Kier alpha value is -0.259. The van der Waals surface area contributed by atoms with Crippen LogP contribution in [0.25, 0.3) is 0 Å². The van der Waals surface area contributed by atoms with E-state index in [9.17, 15) is 4.79 Å². The van der Waals surface area contributed by atoms with Gasteiger partial charge in [-0.1, -0.05) is 6.58 Å². The molecule has 0 aromatic rings. The summed E-state index contributed by atoms with van der Waals surface area (Å²) in [5.74, 6) is -0.935. The minimum absolute atomic E-state index is 0.176. The second-order valence-corrected chi connectivity index (χ2v) is 7.66. The van der Waals surface area contributed by atoms with E-state index in [1.807, 2.05) is 0 Å². The third-order valence-corrected chi connectivity index (χ3v) is 4.87. The zero-order chi connectivity index (χ0) is 9.40. The van der Waals surface area contributed by atoms with Crippen molar-refractivity contribution in [1.82, 2.24) is 0 Å². The van der Waals surface area contributed by atoms with E-state index in [1.54, 1.807) is 0 Å². The van der Waals surface area contributed by atoms with Crippen molar-refractivity contribution in [3.63, 3.8) is 0 Å². The average Bonchev–Trinajstić information content (AvgIpc) is 2.08. The van der Waals surface area contributed by atoms with Gasteiger partial charge in [-0.2, -0.15) is 0 Å². The lowest BCUT2D eigenvalue weighted by atomic mass is 10.4. The maximum Gasteiger partial charge on any atom is 0.330 e. The van der Waals surface area contributed by atoms with E-state index in [1.165, 1.54) is 6.92 Å². The molecule has 12 heavy (non-hydrogen) atoms. The molecule has 1 aliphatic heterocycles. The lowest BCUT2D eigenvalue weighted by molar-refractivity contribution is -0.132. The van der Waals surface area contributed by atoms with Crippen LogP contribution < -0.4 is 0 Å². The van der Waals surface area contributed by atoms with Crippen LogP contribution in [0.1, 0.15) is 6.92 Å². The Morgan fingerprint density at radius 1 is 1.25 bits per heavy atom. The second-order valence-electron chi connectivity index (χ2n) is 2.05. The summed E-state index contributed by atoms with van der Waals surface area (Å²) in [6.45, 7) is 4.60. The van der Waals surface area contributed by atoms with Crippen LogP contribution in [0.2, 0.25) is 0 Å². The van der Waals surface area contributed by atoms with E-state index in [-0.39, 0.29) is 5.57 Å². The molecule has 0 aromatic heterocycles. The summed E-state index contributed by atoms with van der Waals surface area (Å²) >= 11 is 0. The van der Waals surface area contributed by atoms with Crippen molar-refractivity contribution in [3.8, 4) is 0 Å². The molecule has 1 fully saturated rings. The standard InChI is InChI=1S/C4H6O2.H6O3Si3/c1-3(2)4(5)6;1-4-2-6-3-5-1/h1H2,2H3,(H,5,6);4-6H2. The molecule has 0 saturated carbocycles. The first-order valence-electron chi connectivity index (χ1n) is 3.26. The van der Waals surface area contributed by atoms with Gasteiger partial charge in [0.15, 0.2) is 0 Å². The molecule has 0 atom stereocenters. The summed E-state index contributed by atoms with van der Waals surface area (Å²) in [6, 6.07) is 0. The summed E-state index contributed by atoms with van der Waals surface area (Å²) in [5, 5.41) is 7.89. The highest BCUT2D eigenvalue weighted by Crippen LogP contribution is 1.81. The third kappa shape index (κ3) is 7.84. The van der Waals surface area contributed by atoms with Crippen molar-refractivity contribution in [3.05, 3.63) is 12.2 Å². The highest BCUT2D eigenvalue weighted by Gasteiger charge is 1.97. The van der Waals surface area contributed by atoms with Gasteiger partial charge >= 0.3 is 5.97 Å². The lowest BCUT2D eigenvalue weighted by Gasteiger charge is -2.10. The molecule has 0 bridgehead atoms. The van der Waals surface area contributed by atoms with Gasteiger partial charge in [0.2, 0.25) is 0 Å². The molecule has 0 aliphatic carbocycles. The van der Waals surface area contributed by atoms with Crippen LogP contribution in [0.5, 0.6) is 0 Å². The minimum Gasteiger partial charge on any atom is -0.478 e. The first-order valence-corrected chi connectivity index (χ1v) is 6.73. The van der Waals surface area contributed by atoms with Crippen molar-refractivity contribution in [2.75, 3.05) is 0 Å². The van der Waals surface area contributed by atoms with Crippen LogP contribution in [0.15, 0.2) is 12.2 Å². The normalized spacial score (nSPS) is 21.8. The van der Waals surface area contributed by atoms with Crippen molar-refractivity contribution < 1.29 is 22.2 Å². The summed E-state index contributed by atoms with van der Waals surface area (Å²) in [4.78, 5) is 9.60. The summed E-state index contributed by atoms with van der Waals surface area (Å²) in [7, 11) is -1.48.